The molecule has 0 saturated carbocycles. The number of carbonyl (C=O) groups excluding carboxylic acids is 1. The highest BCUT2D eigenvalue weighted by molar-refractivity contribution is 7.88. The third-order valence-corrected chi connectivity index (χ3v) is 7.35. The minimum atomic E-state index is -3.56. The molecule has 1 amide bonds. The van der Waals surface area contributed by atoms with Gasteiger partial charge in [-0.3, -0.25) is 4.79 Å². The normalized spacial score (nSPS) is 23.8. The van der Waals surface area contributed by atoms with Gasteiger partial charge in [-0.15, -0.1) is 0 Å². The molecule has 0 aliphatic carbocycles. The molecule has 1 saturated heterocycles. The Labute approximate surface area is 194 Å². The lowest BCUT2D eigenvalue weighted by atomic mass is 9.93. The Morgan fingerprint density at radius 3 is 2.64 bits per heavy atom. The smallest absolute Gasteiger partial charge is 0.324 e. The maximum atomic E-state index is 14.9. The van der Waals surface area contributed by atoms with Crippen molar-refractivity contribution in [1.29, 1.82) is 0 Å². The van der Waals surface area contributed by atoms with Crippen molar-refractivity contribution in [2.24, 2.45) is 0 Å². The summed E-state index contributed by atoms with van der Waals surface area (Å²) in [7, 11) is -3.56. The van der Waals surface area contributed by atoms with Gasteiger partial charge in [-0.05, 0) is 54.4 Å². The van der Waals surface area contributed by atoms with Crippen molar-refractivity contribution in [3.05, 3.63) is 59.7 Å². The van der Waals surface area contributed by atoms with Crippen molar-refractivity contribution in [3.63, 3.8) is 0 Å². The second-order valence-corrected chi connectivity index (χ2v) is 11.0. The molecule has 1 fully saturated rings. The fraction of sp³-hybridized carbons (Fsp3) is 0.480. The summed E-state index contributed by atoms with van der Waals surface area (Å²) >= 11 is 0. The maximum Gasteiger partial charge on any atom is 0.324 e. The van der Waals surface area contributed by atoms with Gasteiger partial charge in [0.2, 0.25) is 10.0 Å². The van der Waals surface area contributed by atoms with Gasteiger partial charge in [0, 0.05) is 19.0 Å². The van der Waals surface area contributed by atoms with Crippen molar-refractivity contribution in [2.45, 2.75) is 63.0 Å². The molecular formula is C25H30F2N2O3S. The Morgan fingerprint density at radius 2 is 1.85 bits per heavy atom. The van der Waals surface area contributed by atoms with Crippen LogP contribution in [-0.4, -0.2) is 50.0 Å². The zero-order valence-electron chi connectivity index (χ0n) is 18.8. The number of nitrogens with one attached hydrogen (secondary N) is 1. The first-order chi connectivity index (χ1) is 15.6. The number of sulfonamides is 1. The van der Waals surface area contributed by atoms with Gasteiger partial charge in [-0.2, -0.15) is 8.78 Å². The highest BCUT2D eigenvalue weighted by Gasteiger charge is 2.47. The summed E-state index contributed by atoms with van der Waals surface area (Å²) in [5, 5.41) is 0. The molecule has 1 N–H and O–H groups in total. The molecule has 2 aliphatic rings. The number of benzene rings is 2. The van der Waals surface area contributed by atoms with E-state index in [2.05, 4.69) is 16.9 Å². The summed E-state index contributed by atoms with van der Waals surface area (Å²) in [5.41, 5.74) is 4.20. The maximum absolute atomic E-state index is 14.9. The quantitative estimate of drug-likeness (QED) is 0.708. The Bertz CT molecular complexity index is 1120. The van der Waals surface area contributed by atoms with Crippen LogP contribution in [0.25, 0.3) is 11.1 Å². The molecule has 2 bridgehead atoms. The molecule has 4 rings (SSSR count). The molecule has 0 spiro atoms. The van der Waals surface area contributed by atoms with Crippen LogP contribution < -0.4 is 4.72 Å². The van der Waals surface area contributed by atoms with Crippen LogP contribution in [0, 0.1) is 0 Å². The highest BCUT2D eigenvalue weighted by atomic mass is 32.2. The molecule has 0 aromatic heterocycles. The van der Waals surface area contributed by atoms with Crippen LogP contribution in [0.4, 0.5) is 8.78 Å². The summed E-state index contributed by atoms with van der Waals surface area (Å²) < 4.78 is 56.2. The van der Waals surface area contributed by atoms with E-state index in [1.807, 2.05) is 36.4 Å². The van der Waals surface area contributed by atoms with Gasteiger partial charge in [0.15, 0.2) is 0 Å². The molecule has 2 heterocycles. The van der Waals surface area contributed by atoms with Gasteiger partial charge in [-0.1, -0.05) is 55.0 Å². The first kappa shape index (κ1) is 23.8. The Balaban J connectivity index is 1.74. The number of amides is 1. The van der Waals surface area contributed by atoms with E-state index in [1.54, 1.807) is 0 Å². The molecule has 8 heteroatoms. The molecule has 33 heavy (non-hydrogen) atoms. The van der Waals surface area contributed by atoms with Gasteiger partial charge in [-0.25, -0.2) is 13.1 Å². The number of halogens is 2. The fourth-order valence-corrected chi connectivity index (χ4v) is 5.88. The number of rotatable bonds is 2. The van der Waals surface area contributed by atoms with Crippen LogP contribution in [0.1, 0.15) is 43.2 Å². The van der Waals surface area contributed by atoms with Gasteiger partial charge in [0.1, 0.15) is 0 Å². The predicted octanol–water partition coefficient (Wildman–Crippen LogP) is 4.17. The van der Waals surface area contributed by atoms with Crippen molar-refractivity contribution in [2.75, 3.05) is 12.8 Å². The van der Waals surface area contributed by atoms with Crippen LogP contribution in [0.2, 0.25) is 0 Å². The molecule has 2 aromatic carbocycles. The summed E-state index contributed by atoms with van der Waals surface area (Å²) in [6, 6.07) is 14.7. The molecule has 5 nitrogen and oxygen atoms in total. The molecular weight excluding hydrogens is 446 g/mol. The third kappa shape index (κ3) is 5.61. The van der Waals surface area contributed by atoms with Crippen LogP contribution in [-0.2, 0) is 27.7 Å². The highest BCUT2D eigenvalue weighted by Crippen LogP contribution is 2.33. The van der Waals surface area contributed by atoms with E-state index in [1.165, 1.54) is 10.5 Å². The van der Waals surface area contributed by atoms with Gasteiger partial charge < -0.3 is 4.90 Å². The average Bonchev–Trinajstić information content (AvgIpc) is 3.13. The molecule has 2 aromatic rings. The van der Waals surface area contributed by atoms with Gasteiger partial charge >= 0.3 is 5.92 Å². The van der Waals surface area contributed by atoms with Crippen LogP contribution in [0.5, 0.6) is 0 Å². The van der Waals surface area contributed by atoms with E-state index in [-0.39, 0.29) is 13.0 Å². The lowest BCUT2D eigenvalue weighted by Gasteiger charge is -2.31. The van der Waals surface area contributed by atoms with Crippen molar-refractivity contribution in [1.82, 2.24) is 9.62 Å². The standard InChI is InChI=1S/C25H30F2N2O3S/c1-33(31,32)28-22-13-15-29-23(22)17-18-8-7-11-20(16-18)21-12-5-4-10-19(21)9-3-2-6-14-25(26,27)24(29)30/h4-5,7-8,10-12,16,22-23,28H,2-3,6,9,13-15,17H2,1H3. The van der Waals surface area contributed by atoms with E-state index in [0.29, 0.717) is 19.3 Å². The number of carbonyl (C=O) groups is 1. The molecule has 178 valence electrons. The van der Waals surface area contributed by atoms with E-state index >= 15 is 0 Å². The topological polar surface area (TPSA) is 66.5 Å². The molecule has 2 aliphatic heterocycles. The number of nitrogens with zero attached hydrogens (tertiary/aromatic N) is 1. The van der Waals surface area contributed by atoms with E-state index in [0.717, 1.165) is 35.8 Å². The lowest BCUT2D eigenvalue weighted by molar-refractivity contribution is -0.159. The summed E-state index contributed by atoms with van der Waals surface area (Å²) in [4.78, 5) is 14.1. The monoisotopic (exact) mass is 476 g/mol. The molecule has 2 unspecified atom stereocenters. The number of aryl methyl sites for hydroxylation is 1. The van der Waals surface area contributed by atoms with Crippen LogP contribution in [0.3, 0.4) is 0 Å². The SMILES string of the molecule is CS(=O)(=O)NC1CCN2C(=O)C(F)(F)CCCCCc3ccccc3-c3cccc(c3)CC12. The second kappa shape index (κ2) is 9.50. The minimum absolute atomic E-state index is 0.106. The van der Waals surface area contributed by atoms with Crippen molar-refractivity contribution >= 4 is 15.9 Å². The van der Waals surface area contributed by atoms with E-state index in [4.69, 9.17) is 0 Å². The number of alkyl halides is 2. The largest absolute Gasteiger partial charge is 0.332 e. The third-order valence-electron chi connectivity index (χ3n) is 6.62. The number of hydrogen-bond donors (Lipinski definition) is 1. The zero-order chi connectivity index (χ0) is 23.6. The summed E-state index contributed by atoms with van der Waals surface area (Å²) in [5.74, 6) is -4.65. The molecule has 0 radical (unpaired) electrons. The van der Waals surface area contributed by atoms with E-state index in [9.17, 15) is 22.0 Å². The van der Waals surface area contributed by atoms with Crippen molar-refractivity contribution in [3.8, 4) is 11.1 Å². The predicted molar refractivity (Wildman–Crippen MR) is 125 cm³/mol. The molecule has 2 atom stereocenters. The first-order valence-corrected chi connectivity index (χ1v) is 13.4. The number of hydrogen-bond acceptors (Lipinski definition) is 3. The summed E-state index contributed by atoms with van der Waals surface area (Å²) in [6.07, 6.45) is 3.59. The van der Waals surface area contributed by atoms with Gasteiger partial charge in [0.25, 0.3) is 5.91 Å². The minimum Gasteiger partial charge on any atom is -0.332 e. The van der Waals surface area contributed by atoms with Gasteiger partial charge in [0.05, 0.1) is 12.3 Å². The average molecular weight is 477 g/mol. The van der Waals surface area contributed by atoms with E-state index < -0.39 is 40.4 Å². The zero-order valence-corrected chi connectivity index (χ0v) is 19.6. The van der Waals surface area contributed by atoms with Crippen LogP contribution in [0.15, 0.2) is 48.5 Å². The van der Waals surface area contributed by atoms with Crippen LogP contribution >= 0.6 is 0 Å². The van der Waals surface area contributed by atoms with Crippen molar-refractivity contribution < 1.29 is 22.0 Å². The lowest BCUT2D eigenvalue weighted by Crippen LogP contribution is -2.51. The number of fused-ring (bicyclic) bond motifs is 5. The Hall–Kier alpha value is -2.32. The Morgan fingerprint density at radius 1 is 1.06 bits per heavy atom. The summed E-state index contributed by atoms with van der Waals surface area (Å²) in [6.45, 7) is 0.106. The Kier molecular flexibility index (Phi) is 6.86. The second-order valence-electron chi connectivity index (χ2n) is 9.18. The first-order valence-electron chi connectivity index (χ1n) is 11.5. The fourth-order valence-electron chi connectivity index (χ4n) is 5.05.